The van der Waals surface area contributed by atoms with E-state index in [9.17, 15) is 22.8 Å². The molecule has 3 rings (SSSR count). The van der Waals surface area contributed by atoms with E-state index < -0.39 is 23.4 Å². The first-order chi connectivity index (χ1) is 11.1. The first-order valence-corrected chi connectivity index (χ1v) is 7.25. The maximum atomic E-state index is 12.7. The number of hydrogen-bond donors (Lipinski definition) is 0. The zero-order valence-electron chi connectivity index (χ0n) is 13.2. The second kappa shape index (κ2) is 5.22. The number of benzene rings is 1. The SMILES string of the molecule is Cc1c2c(n(C)c1C(=O)c1ccc(C(F)(F)F)cc1)C(C)C(=O)O2. The Labute approximate surface area is 135 Å². The summed E-state index contributed by atoms with van der Waals surface area (Å²) in [6, 6.07) is 4.06. The number of aromatic nitrogens is 1. The summed E-state index contributed by atoms with van der Waals surface area (Å²) in [4.78, 5) is 24.4. The Balaban J connectivity index is 2.02. The van der Waals surface area contributed by atoms with Gasteiger partial charge in [-0.3, -0.25) is 9.59 Å². The Bertz CT molecular complexity index is 847. The molecule has 1 aromatic heterocycles. The number of rotatable bonds is 2. The molecule has 2 aromatic rings. The van der Waals surface area contributed by atoms with Crippen molar-refractivity contribution in [2.75, 3.05) is 0 Å². The van der Waals surface area contributed by atoms with Gasteiger partial charge in [0.15, 0.2) is 5.75 Å². The van der Waals surface area contributed by atoms with E-state index in [1.54, 1.807) is 25.5 Å². The van der Waals surface area contributed by atoms with Gasteiger partial charge in [0.05, 0.1) is 22.9 Å². The summed E-state index contributed by atoms with van der Waals surface area (Å²) >= 11 is 0. The third kappa shape index (κ3) is 2.31. The Morgan fingerprint density at radius 2 is 1.79 bits per heavy atom. The molecule has 0 fully saturated rings. The molecule has 126 valence electrons. The highest BCUT2D eigenvalue weighted by Gasteiger charge is 2.38. The van der Waals surface area contributed by atoms with Crippen LogP contribution in [0.5, 0.6) is 5.75 Å². The third-order valence-electron chi connectivity index (χ3n) is 4.28. The lowest BCUT2D eigenvalue weighted by molar-refractivity contribution is -0.137. The number of hydrogen-bond acceptors (Lipinski definition) is 3. The fourth-order valence-corrected chi connectivity index (χ4v) is 3.01. The van der Waals surface area contributed by atoms with Crippen LogP contribution in [0.2, 0.25) is 0 Å². The molecule has 0 saturated carbocycles. The molecule has 1 aromatic carbocycles. The Morgan fingerprint density at radius 3 is 2.29 bits per heavy atom. The fraction of sp³-hybridized carbons (Fsp3) is 0.294. The third-order valence-corrected chi connectivity index (χ3v) is 4.28. The predicted octanol–water partition coefficient (Wildman–Crippen LogP) is 3.61. The van der Waals surface area contributed by atoms with Gasteiger partial charge in [0.2, 0.25) is 5.78 Å². The van der Waals surface area contributed by atoms with Crippen LogP contribution in [0.15, 0.2) is 24.3 Å². The average molecular weight is 337 g/mol. The Kier molecular flexibility index (Phi) is 3.55. The molecular formula is C17H14F3NO3. The Morgan fingerprint density at radius 1 is 1.21 bits per heavy atom. The van der Waals surface area contributed by atoms with Crippen molar-refractivity contribution >= 4 is 11.8 Å². The maximum Gasteiger partial charge on any atom is 0.416 e. The van der Waals surface area contributed by atoms with E-state index in [1.165, 1.54) is 0 Å². The number of nitrogens with zero attached hydrogens (tertiary/aromatic N) is 1. The summed E-state index contributed by atoms with van der Waals surface area (Å²) in [5.41, 5.74) is 0.749. The molecule has 0 N–H and O–H groups in total. The predicted molar refractivity (Wildman–Crippen MR) is 79.1 cm³/mol. The van der Waals surface area contributed by atoms with E-state index in [2.05, 4.69) is 0 Å². The molecule has 0 radical (unpaired) electrons. The van der Waals surface area contributed by atoms with Crippen LogP contribution in [0, 0.1) is 6.92 Å². The van der Waals surface area contributed by atoms with Crippen molar-refractivity contribution in [3.8, 4) is 5.75 Å². The lowest BCUT2D eigenvalue weighted by atomic mass is 10.0. The van der Waals surface area contributed by atoms with Gasteiger partial charge in [-0.2, -0.15) is 13.2 Å². The minimum Gasteiger partial charge on any atom is -0.424 e. The summed E-state index contributed by atoms with van der Waals surface area (Å²) < 4.78 is 44.7. The molecule has 0 bridgehead atoms. The van der Waals surface area contributed by atoms with Crippen molar-refractivity contribution in [3.63, 3.8) is 0 Å². The quantitative estimate of drug-likeness (QED) is 0.621. The lowest BCUT2D eigenvalue weighted by Gasteiger charge is -2.10. The van der Waals surface area contributed by atoms with Crippen LogP contribution in [0.25, 0.3) is 0 Å². The van der Waals surface area contributed by atoms with Crippen LogP contribution in [-0.4, -0.2) is 16.3 Å². The molecular weight excluding hydrogens is 323 g/mol. The first-order valence-electron chi connectivity index (χ1n) is 7.25. The molecule has 24 heavy (non-hydrogen) atoms. The molecule has 1 aliphatic heterocycles. The highest BCUT2D eigenvalue weighted by molar-refractivity contribution is 6.10. The zero-order valence-corrected chi connectivity index (χ0v) is 13.2. The summed E-state index contributed by atoms with van der Waals surface area (Å²) in [6.45, 7) is 3.33. The van der Waals surface area contributed by atoms with Gasteiger partial charge in [0, 0.05) is 18.2 Å². The highest BCUT2D eigenvalue weighted by Crippen LogP contribution is 2.41. The number of ether oxygens (including phenoxy) is 1. The normalized spacial score (nSPS) is 16.9. The van der Waals surface area contributed by atoms with Crippen molar-refractivity contribution in [2.45, 2.75) is 25.9 Å². The van der Waals surface area contributed by atoms with Gasteiger partial charge in [-0.05, 0) is 26.0 Å². The van der Waals surface area contributed by atoms with E-state index in [4.69, 9.17) is 4.74 Å². The molecule has 7 heteroatoms. The van der Waals surface area contributed by atoms with Crippen molar-refractivity contribution in [1.29, 1.82) is 0 Å². The van der Waals surface area contributed by atoms with Crippen LogP contribution in [0.1, 0.15) is 45.7 Å². The second-order valence-corrected chi connectivity index (χ2v) is 5.79. The summed E-state index contributed by atoms with van der Waals surface area (Å²) in [6.07, 6.45) is -4.45. The largest absolute Gasteiger partial charge is 0.424 e. The van der Waals surface area contributed by atoms with Gasteiger partial charge in [-0.25, -0.2) is 0 Å². The van der Waals surface area contributed by atoms with Gasteiger partial charge < -0.3 is 9.30 Å². The number of alkyl halides is 3. The van der Waals surface area contributed by atoms with Crippen molar-refractivity contribution in [1.82, 2.24) is 4.57 Å². The topological polar surface area (TPSA) is 48.3 Å². The van der Waals surface area contributed by atoms with E-state index >= 15 is 0 Å². The van der Waals surface area contributed by atoms with E-state index in [1.807, 2.05) is 0 Å². The van der Waals surface area contributed by atoms with E-state index in [0.717, 1.165) is 24.3 Å². The van der Waals surface area contributed by atoms with Crippen LogP contribution in [0.4, 0.5) is 13.2 Å². The van der Waals surface area contributed by atoms with Crippen LogP contribution in [-0.2, 0) is 18.0 Å². The fourth-order valence-electron chi connectivity index (χ4n) is 3.01. The molecule has 4 nitrogen and oxygen atoms in total. The summed E-state index contributed by atoms with van der Waals surface area (Å²) in [5.74, 6) is -0.920. The molecule has 0 saturated heterocycles. The number of fused-ring (bicyclic) bond motifs is 1. The number of carbonyl (C=O) groups excluding carboxylic acids is 2. The molecule has 0 amide bonds. The maximum absolute atomic E-state index is 12.7. The number of halogens is 3. The molecule has 2 heterocycles. The second-order valence-electron chi connectivity index (χ2n) is 5.79. The highest BCUT2D eigenvalue weighted by atomic mass is 19.4. The van der Waals surface area contributed by atoms with Crippen molar-refractivity contribution < 1.29 is 27.5 Å². The molecule has 1 unspecified atom stereocenters. The summed E-state index contributed by atoms with van der Waals surface area (Å²) in [7, 11) is 1.64. The average Bonchev–Trinajstić information content (AvgIpc) is 2.94. The molecule has 0 aliphatic carbocycles. The minimum atomic E-state index is -4.45. The van der Waals surface area contributed by atoms with Gasteiger partial charge >= 0.3 is 12.1 Å². The standard InChI is InChI=1S/C17H14F3NO3/c1-8-12(21(3)13-9(2)16(23)24-15(8)13)14(22)10-4-6-11(7-5-10)17(18,19)20/h4-7,9H,1-3H3. The first kappa shape index (κ1) is 16.3. The molecule has 1 atom stereocenters. The van der Waals surface area contributed by atoms with Gasteiger partial charge in [0.1, 0.15) is 0 Å². The van der Waals surface area contributed by atoms with Crippen molar-refractivity contribution in [3.05, 3.63) is 52.3 Å². The molecule has 1 aliphatic rings. The number of ketones is 1. The van der Waals surface area contributed by atoms with Crippen LogP contribution >= 0.6 is 0 Å². The smallest absolute Gasteiger partial charge is 0.416 e. The van der Waals surface area contributed by atoms with Gasteiger partial charge in [-0.15, -0.1) is 0 Å². The minimum absolute atomic E-state index is 0.143. The number of esters is 1. The zero-order chi connectivity index (χ0) is 17.8. The summed E-state index contributed by atoms with van der Waals surface area (Å²) in [5, 5.41) is 0. The van der Waals surface area contributed by atoms with Gasteiger partial charge in [-0.1, -0.05) is 12.1 Å². The lowest BCUT2D eigenvalue weighted by Crippen LogP contribution is -2.15. The van der Waals surface area contributed by atoms with Gasteiger partial charge in [0.25, 0.3) is 0 Å². The van der Waals surface area contributed by atoms with Crippen LogP contribution in [0.3, 0.4) is 0 Å². The molecule has 0 spiro atoms. The van der Waals surface area contributed by atoms with E-state index in [0.29, 0.717) is 22.7 Å². The Hall–Kier alpha value is -2.57. The van der Waals surface area contributed by atoms with Crippen molar-refractivity contribution in [2.24, 2.45) is 7.05 Å². The van der Waals surface area contributed by atoms with E-state index in [-0.39, 0.29) is 11.5 Å². The number of carbonyl (C=O) groups is 2. The monoisotopic (exact) mass is 337 g/mol. The van der Waals surface area contributed by atoms with Crippen LogP contribution < -0.4 is 4.74 Å².